The van der Waals surface area contributed by atoms with Gasteiger partial charge in [0.25, 0.3) is 0 Å². The lowest BCUT2D eigenvalue weighted by molar-refractivity contribution is 0.0730. The molecular weight excluding hydrogens is 344 g/mol. The van der Waals surface area contributed by atoms with Crippen molar-refractivity contribution >= 4 is 21.8 Å². The molecular formula is C17H20N2O3S2. The van der Waals surface area contributed by atoms with E-state index >= 15 is 0 Å². The van der Waals surface area contributed by atoms with Crippen molar-refractivity contribution in [2.45, 2.75) is 22.6 Å². The van der Waals surface area contributed by atoms with Crippen LogP contribution in [0.4, 0.5) is 0 Å². The van der Waals surface area contributed by atoms with Crippen molar-refractivity contribution < 1.29 is 13.2 Å². The van der Waals surface area contributed by atoms with Crippen LogP contribution in [0, 0.1) is 6.92 Å². The Kier molecular flexibility index (Phi) is 5.55. The van der Waals surface area contributed by atoms with E-state index in [0.29, 0.717) is 26.3 Å². The minimum Gasteiger partial charge on any atom is -0.379 e. The molecule has 0 unspecified atom stereocenters. The van der Waals surface area contributed by atoms with Gasteiger partial charge in [-0.3, -0.25) is 0 Å². The lowest BCUT2D eigenvalue weighted by Crippen LogP contribution is -2.40. The van der Waals surface area contributed by atoms with Gasteiger partial charge in [-0.1, -0.05) is 29.8 Å². The van der Waals surface area contributed by atoms with E-state index in [1.165, 1.54) is 21.6 Å². The molecule has 7 heteroatoms. The van der Waals surface area contributed by atoms with Crippen molar-refractivity contribution in [1.29, 1.82) is 0 Å². The van der Waals surface area contributed by atoms with Crippen molar-refractivity contribution in [3.05, 3.63) is 53.7 Å². The maximum absolute atomic E-state index is 12.5. The third-order valence-corrected chi connectivity index (χ3v) is 6.68. The highest BCUT2D eigenvalue weighted by Crippen LogP contribution is 2.23. The number of morpholine rings is 1. The second kappa shape index (κ2) is 7.65. The number of benzene rings is 1. The molecule has 5 nitrogen and oxygen atoms in total. The summed E-state index contributed by atoms with van der Waals surface area (Å²) in [5, 5.41) is 0.817. The molecule has 1 aromatic carbocycles. The highest BCUT2D eigenvalue weighted by Gasteiger charge is 2.26. The first-order valence-electron chi connectivity index (χ1n) is 7.78. The van der Waals surface area contributed by atoms with Crippen LogP contribution in [-0.4, -0.2) is 44.0 Å². The molecule has 0 aliphatic carbocycles. The molecule has 1 fully saturated rings. The van der Waals surface area contributed by atoms with Crippen molar-refractivity contribution in [2.24, 2.45) is 0 Å². The number of pyridine rings is 1. The van der Waals surface area contributed by atoms with Gasteiger partial charge in [-0.25, -0.2) is 13.4 Å². The molecule has 3 rings (SSSR count). The summed E-state index contributed by atoms with van der Waals surface area (Å²) in [6.07, 6.45) is 1.45. The van der Waals surface area contributed by atoms with Gasteiger partial charge >= 0.3 is 0 Å². The lowest BCUT2D eigenvalue weighted by atomic mass is 10.2. The van der Waals surface area contributed by atoms with Crippen LogP contribution in [0.15, 0.2) is 52.5 Å². The molecule has 0 amide bonds. The monoisotopic (exact) mass is 364 g/mol. The van der Waals surface area contributed by atoms with E-state index in [-0.39, 0.29) is 4.90 Å². The zero-order valence-corrected chi connectivity index (χ0v) is 15.1. The van der Waals surface area contributed by atoms with Gasteiger partial charge in [-0.15, -0.1) is 11.8 Å². The summed E-state index contributed by atoms with van der Waals surface area (Å²) in [6.45, 7) is 3.74. The summed E-state index contributed by atoms with van der Waals surface area (Å²) < 4.78 is 31.7. The predicted octanol–water partition coefficient (Wildman–Crippen LogP) is 2.70. The molecule has 1 saturated heterocycles. The second-order valence-electron chi connectivity index (χ2n) is 5.63. The molecule has 1 aliphatic rings. The fourth-order valence-electron chi connectivity index (χ4n) is 2.50. The molecule has 0 bridgehead atoms. The number of thioether (sulfide) groups is 1. The number of hydrogen-bond acceptors (Lipinski definition) is 5. The maximum atomic E-state index is 12.5. The van der Waals surface area contributed by atoms with Gasteiger partial charge in [0.1, 0.15) is 4.90 Å². The van der Waals surface area contributed by atoms with E-state index < -0.39 is 10.0 Å². The van der Waals surface area contributed by atoms with Crippen molar-refractivity contribution in [2.75, 3.05) is 26.3 Å². The van der Waals surface area contributed by atoms with Gasteiger partial charge in [0.2, 0.25) is 10.0 Å². The Labute approximate surface area is 147 Å². The molecule has 0 saturated carbocycles. The molecule has 2 aromatic rings. The average molecular weight is 364 g/mol. The van der Waals surface area contributed by atoms with Gasteiger partial charge in [0, 0.05) is 25.0 Å². The highest BCUT2D eigenvalue weighted by atomic mass is 32.2. The van der Waals surface area contributed by atoms with E-state index in [1.54, 1.807) is 23.9 Å². The number of ether oxygens (including phenoxy) is 1. The molecule has 128 valence electrons. The third kappa shape index (κ3) is 4.16. The van der Waals surface area contributed by atoms with Gasteiger partial charge in [0.15, 0.2) is 0 Å². The smallest absolute Gasteiger partial charge is 0.244 e. The minimum absolute atomic E-state index is 0.240. The van der Waals surface area contributed by atoms with Crippen LogP contribution in [0.5, 0.6) is 0 Å². The Balaban J connectivity index is 1.66. The highest BCUT2D eigenvalue weighted by molar-refractivity contribution is 7.98. The fraction of sp³-hybridized carbons (Fsp3) is 0.353. The van der Waals surface area contributed by atoms with Gasteiger partial charge in [0.05, 0.1) is 18.2 Å². The van der Waals surface area contributed by atoms with Gasteiger partial charge < -0.3 is 4.74 Å². The van der Waals surface area contributed by atoms with Crippen molar-refractivity contribution in [3.8, 4) is 0 Å². The Morgan fingerprint density at radius 2 is 2.00 bits per heavy atom. The topological polar surface area (TPSA) is 59.5 Å². The fourth-order valence-corrected chi connectivity index (χ4v) is 4.64. The second-order valence-corrected chi connectivity index (χ2v) is 8.56. The number of sulfonamides is 1. The summed E-state index contributed by atoms with van der Waals surface area (Å²) in [5.74, 6) is 0.810. The number of hydrogen-bond donors (Lipinski definition) is 0. The minimum atomic E-state index is -3.47. The summed E-state index contributed by atoms with van der Waals surface area (Å²) in [6, 6.07) is 11.7. The van der Waals surface area contributed by atoms with Crippen LogP contribution in [0.2, 0.25) is 0 Å². The molecule has 0 radical (unpaired) electrons. The Bertz CT molecular complexity index is 786. The molecule has 0 spiro atoms. The molecule has 0 N–H and O–H groups in total. The first-order chi connectivity index (χ1) is 11.6. The maximum Gasteiger partial charge on any atom is 0.244 e. The number of rotatable bonds is 5. The number of aromatic nitrogens is 1. The van der Waals surface area contributed by atoms with E-state index in [4.69, 9.17) is 4.74 Å². The normalized spacial score (nSPS) is 16.2. The summed E-state index contributed by atoms with van der Waals surface area (Å²) in [7, 11) is -3.47. The van der Waals surface area contributed by atoms with Gasteiger partial charge in [-0.05, 0) is 24.6 Å². The molecule has 24 heavy (non-hydrogen) atoms. The quantitative estimate of drug-likeness (QED) is 0.764. The first-order valence-corrected chi connectivity index (χ1v) is 10.2. The summed E-state index contributed by atoms with van der Waals surface area (Å²) in [4.78, 5) is 4.54. The van der Waals surface area contributed by atoms with Crippen LogP contribution >= 0.6 is 11.8 Å². The molecule has 1 aliphatic heterocycles. The van der Waals surface area contributed by atoms with Crippen LogP contribution in [-0.2, 0) is 20.5 Å². The van der Waals surface area contributed by atoms with Gasteiger partial charge in [-0.2, -0.15) is 4.31 Å². The molecule has 0 atom stereocenters. The van der Waals surface area contributed by atoms with E-state index in [9.17, 15) is 8.42 Å². The summed E-state index contributed by atoms with van der Waals surface area (Å²) >= 11 is 1.60. The predicted molar refractivity (Wildman–Crippen MR) is 94.6 cm³/mol. The Morgan fingerprint density at radius 1 is 1.21 bits per heavy atom. The van der Waals surface area contributed by atoms with Crippen LogP contribution in [0.25, 0.3) is 0 Å². The van der Waals surface area contributed by atoms with Crippen molar-refractivity contribution in [1.82, 2.24) is 9.29 Å². The van der Waals surface area contributed by atoms with Crippen molar-refractivity contribution in [3.63, 3.8) is 0 Å². The van der Waals surface area contributed by atoms with Crippen LogP contribution in [0.1, 0.15) is 11.1 Å². The Hall–Kier alpha value is -1.41. The lowest BCUT2D eigenvalue weighted by Gasteiger charge is -2.25. The zero-order valence-electron chi connectivity index (χ0n) is 13.5. The van der Waals surface area contributed by atoms with E-state index in [1.807, 2.05) is 6.07 Å². The largest absolute Gasteiger partial charge is 0.379 e. The standard InChI is InChI=1S/C17H20N2O3S2/c1-14-3-2-4-15(11-14)13-23-17-6-5-16(12-18-17)24(20,21)19-7-9-22-10-8-19/h2-6,11-12H,7-10,13H2,1H3. The van der Waals surface area contributed by atoms with Crippen LogP contribution in [0.3, 0.4) is 0 Å². The summed E-state index contributed by atoms with van der Waals surface area (Å²) in [5.41, 5.74) is 2.46. The van der Waals surface area contributed by atoms with Crippen LogP contribution < -0.4 is 0 Å². The first kappa shape index (κ1) is 17.4. The number of aryl methyl sites for hydroxylation is 1. The van der Waals surface area contributed by atoms with E-state index in [0.717, 1.165) is 10.8 Å². The zero-order chi connectivity index (χ0) is 17.0. The Morgan fingerprint density at radius 3 is 2.67 bits per heavy atom. The number of nitrogens with zero attached hydrogens (tertiary/aromatic N) is 2. The average Bonchev–Trinajstić information content (AvgIpc) is 2.61. The van der Waals surface area contributed by atoms with E-state index in [2.05, 4.69) is 30.1 Å². The SMILES string of the molecule is Cc1cccc(CSc2ccc(S(=O)(=O)N3CCOCC3)cn2)c1. The molecule has 1 aromatic heterocycles. The molecule has 2 heterocycles. The third-order valence-electron chi connectivity index (χ3n) is 3.79.